The van der Waals surface area contributed by atoms with Gasteiger partial charge in [-0.05, 0) is 42.7 Å². The number of nitrogens with zero attached hydrogens (tertiary/aromatic N) is 2. The molecular formula is C21H20FN3OS. The second kappa shape index (κ2) is 6.69. The maximum atomic E-state index is 13.1. The first-order valence-corrected chi connectivity index (χ1v) is 10.2. The Morgan fingerprint density at radius 1 is 1.19 bits per heavy atom. The van der Waals surface area contributed by atoms with Gasteiger partial charge in [0, 0.05) is 41.7 Å². The van der Waals surface area contributed by atoms with E-state index in [9.17, 15) is 9.18 Å². The zero-order valence-corrected chi connectivity index (χ0v) is 15.7. The topological polar surface area (TPSA) is 49.0 Å². The lowest BCUT2D eigenvalue weighted by Gasteiger charge is -2.27. The number of aromatic amines is 1. The van der Waals surface area contributed by atoms with Crippen LogP contribution in [0.4, 0.5) is 4.39 Å². The molecule has 0 unspecified atom stereocenters. The highest BCUT2D eigenvalue weighted by Gasteiger charge is 2.29. The fourth-order valence-electron chi connectivity index (χ4n) is 3.64. The van der Waals surface area contributed by atoms with Gasteiger partial charge in [0.2, 0.25) is 0 Å². The smallest absolute Gasteiger partial charge is 0.255 e. The van der Waals surface area contributed by atoms with Crippen molar-refractivity contribution in [2.45, 2.75) is 38.3 Å². The molecule has 1 saturated carbocycles. The fraction of sp³-hybridized carbons (Fsp3) is 0.333. The van der Waals surface area contributed by atoms with Crippen molar-refractivity contribution >= 4 is 11.3 Å². The first-order valence-electron chi connectivity index (χ1n) is 9.35. The molecule has 1 N–H and O–H groups in total. The van der Waals surface area contributed by atoms with E-state index in [1.54, 1.807) is 11.3 Å². The maximum absolute atomic E-state index is 13.1. The van der Waals surface area contributed by atoms with Crippen molar-refractivity contribution < 1.29 is 4.39 Å². The second-order valence-electron chi connectivity index (χ2n) is 7.38. The molecule has 0 bridgehead atoms. The number of hydrogen-bond acceptors (Lipinski definition) is 4. The Morgan fingerprint density at radius 2 is 2.00 bits per heavy atom. The minimum Gasteiger partial charge on any atom is -0.310 e. The highest BCUT2D eigenvalue weighted by atomic mass is 32.1. The lowest BCUT2D eigenvalue weighted by atomic mass is 10.1. The summed E-state index contributed by atoms with van der Waals surface area (Å²) in [4.78, 5) is 24.9. The van der Waals surface area contributed by atoms with Gasteiger partial charge in [0.05, 0.1) is 11.3 Å². The summed E-state index contributed by atoms with van der Waals surface area (Å²) in [6.07, 6.45) is 3.11. The molecule has 0 saturated heterocycles. The Labute approximate surface area is 160 Å². The molecule has 2 aromatic heterocycles. The highest BCUT2D eigenvalue weighted by molar-refractivity contribution is 7.15. The minimum absolute atomic E-state index is 0.0322. The van der Waals surface area contributed by atoms with E-state index in [4.69, 9.17) is 4.98 Å². The normalized spacial score (nSPS) is 17.1. The quantitative estimate of drug-likeness (QED) is 0.741. The van der Waals surface area contributed by atoms with E-state index in [0.29, 0.717) is 12.5 Å². The van der Waals surface area contributed by atoms with E-state index in [2.05, 4.69) is 22.0 Å². The summed E-state index contributed by atoms with van der Waals surface area (Å²) in [7, 11) is 0. The largest absolute Gasteiger partial charge is 0.310 e. The SMILES string of the molecule is O=c1[nH]c(C2CC2)nc2c1CN(Cc1ccc(-c3ccc(F)cc3)s1)CC2. The number of fused-ring (bicyclic) bond motifs is 1. The van der Waals surface area contributed by atoms with Crippen molar-refractivity contribution in [1.82, 2.24) is 14.9 Å². The average Bonchev–Trinajstić information content (AvgIpc) is 3.42. The molecule has 0 amide bonds. The molecule has 4 nitrogen and oxygen atoms in total. The Hall–Kier alpha value is -2.31. The third-order valence-corrected chi connectivity index (χ3v) is 6.42. The Bertz CT molecular complexity index is 1040. The number of thiophene rings is 1. The third-order valence-electron chi connectivity index (χ3n) is 5.30. The van der Waals surface area contributed by atoms with Gasteiger partial charge < -0.3 is 4.98 Å². The summed E-state index contributed by atoms with van der Waals surface area (Å²) < 4.78 is 13.1. The van der Waals surface area contributed by atoms with Crippen LogP contribution in [0.15, 0.2) is 41.2 Å². The monoisotopic (exact) mass is 381 g/mol. The van der Waals surface area contributed by atoms with E-state index in [0.717, 1.165) is 59.9 Å². The van der Waals surface area contributed by atoms with E-state index >= 15 is 0 Å². The van der Waals surface area contributed by atoms with Gasteiger partial charge in [-0.25, -0.2) is 9.37 Å². The number of H-pyrrole nitrogens is 1. The molecule has 0 spiro atoms. The molecule has 6 heteroatoms. The van der Waals surface area contributed by atoms with Crippen molar-refractivity contribution in [3.8, 4) is 10.4 Å². The van der Waals surface area contributed by atoms with Crippen LogP contribution in [0.3, 0.4) is 0 Å². The Kier molecular flexibility index (Phi) is 4.17. The zero-order valence-electron chi connectivity index (χ0n) is 14.9. The van der Waals surface area contributed by atoms with Crippen LogP contribution in [-0.2, 0) is 19.5 Å². The van der Waals surface area contributed by atoms with Crippen LogP contribution in [0.2, 0.25) is 0 Å². The number of benzene rings is 1. The molecule has 1 aliphatic heterocycles. The van der Waals surface area contributed by atoms with Gasteiger partial charge in [-0.1, -0.05) is 12.1 Å². The third kappa shape index (κ3) is 3.47. The van der Waals surface area contributed by atoms with Gasteiger partial charge in [-0.3, -0.25) is 9.69 Å². The van der Waals surface area contributed by atoms with Crippen LogP contribution in [0.25, 0.3) is 10.4 Å². The summed E-state index contributed by atoms with van der Waals surface area (Å²) in [6.45, 7) is 2.37. The molecule has 5 rings (SSSR count). The molecule has 0 radical (unpaired) electrons. The van der Waals surface area contributed by atoms with Gasteiger partial charge in [0.15, 0.2) is 0 Å². The Balaban J connectivity index is 1.31. The standard InChI is InChI=1S/C21H20FN3OS/c22-15-5-3-13(4-6-15)19-8-7-16(27-19)11-25-10-9-18-17(12-25)21(26)24-20(23-18)14-1-2-14/h3-8,14H,1-2,9-12H2,(H,23,24,26). The highest BCUT2D eigenvalue weighted by Crippen LogP contribution is 2.38. The van der Waals surface area contributed by atoms with Gasteiger partial charge >= 0.3 is 0 Å². The van der Waals surface area contributed by atoms with Crippen LogP contribution >= 0.6 is 11.3 Å². The van der Waals surface area contributed by atoms with Crippen molar-refractivity contribution in [3.63, 3.8) is 0 Å². The number of nitrogens with one attached hydrogen (secondary N) is 1. The molecule has 3 heterocycles. The van der Waals surface area contributed by atoms with Crippen molar-refractivity contribution in [1.29, 1.82) is 0 Å². The first-order chi connectivity index (χ1) is 13.2. The summed E-state index contributed by atoms with van der Waals surface area (Å²) in [5.74, 6) is 1.14. The van der Waals surface area contributed by atoms with E-state index in [-0.39, 0.29) is 11.4 Å². The summed E-state index contributed by atoms with van der Waals surface area (Å²) in [5.41, 5.74) is 2.87. The molecule has 27 heavy (non-hydrogen) atoms. The number of hydrogen-bond donors (Lipinski definition) is 1. The lowest BCUT2D eigenvalue weighted by molar-refractivity contribution is 0.243. The van der Waals surface area contributed by atoms with Crippen molar-refractivity contribution in [2.24, 2.45) is 0 Å². The van der Waals surface area contributed by atoms with Gasteiger partial charge in [0.1, 0.15) is 11.6 Å². The molecular weight excluding hydrogens is 361 g/mol. The first kappa shape index (κ1) is 16.8. The van der Waals surface area contributed by atoms with Gasteiger partial charge in [0.25, 0.3) is 5.56 Å². The molecule has 138 valence electrons. The fourth-order valence-corrected chi connectivity index (χ4v) is 4.69. The summed E-state index contributed by atoms with van der Waals surface area (Å²) >= 11 is 1.72. The van der Waals surface area contributed by atoms with Crippen LogP contribution in [0.5, 0.6) is 0 Å². The van der Waals surface area contributed by atoms with Crippen molar-refractivity contribution in [3.05, 3.63) is 74.5 Å². The van der Waals surface area contributed by atoms with Gasteiger partial charge in [-0.15, -0.1) is 11.3 Å². The molecule has 1 fully saturated rings. The van der Waals surface area contributed by atoms with Crippen LogP contribution < -0.4 is 5.56 Å². The minimum atomic E-state index is -0.216. The lowest BCUT2D eigenvalue weighted by Crippen LogP contribution is -2.35. The molecule has 1 aromatic carbocycles. The molecule has 3 aromatic rings. The predicted molar refractivity (Wildman–Crippen MR) is 104 cm³/mol. The zero-order chi connectivity index (χ0) is 18.4. The molecule has 1 aliphatic carbocycles. The summed E-state index contributed by atoms with van der Waals surface area (Å²) in [5, 5.41) is 0. The van der Waals surface area contributed by atoms with Crippen LogP contribution in [0, 0.1) is 5.82 Å². The second-order valence-corrected chi connectivity index (χ2v) is 8.55. The van der Waals surface area contributed by atoms with E-state index < -0.39 is 0 Å². The molecule has 2 aliphatic rings. The number of rotatable bonds is 4. The number of aromatic nitrogens is 2. The average molecular weight is 381 g/mol. The van der Waals surface area contributed by atoms with Crippen LogP contribution in [-0.4, -0.2) is 21.4 Å². The maximum Gasteiger partial charge on any atom is 0.255 e. The van der Waals surface area contributed by atoms with E-state index in [1.807, 2.05) is 12.1 Å². The summed E-state index contributed by atoms with van der Waals surface area (Å²) in [6, 6.07) is 10.8. The molecule has 0 atom stereocenters. The van der Waals surface area contributed by atoms with Gasteiger partial charge in [-0.2, -0.15) is 0 Å². The van der Waals surface area contributed by atoms with Crippen LogP contribution in [0.1, 0.15) is 40.7 Å². The number of halogens is 1. The Morgan fingerprint density at radius 3 is 2.78 bits per heavy atom. The van der Waals surface area contributed by atoms with Crippen molar-refractivity contribution in [2.75, 3.05) is 6.54 Å². The van der Waals surface area contributed by atoms with E-state index in [1.165, 1.54) is 17.0 Å². The predicted octanol–water partition coefficient (Wildman–Crippen LogP) is 4.07.